The van der Waals surface area contributed by atoms with Crippen LogP contribution in [-0.4, -0.2) is 37.4 Å². The second-order valence-corrected chi connectivity index (χ2v) is 9.61. The molecule has 0 fully saturated rings. The Kier molecular flexibility index (Phi) is 9.53. The third kappa shape index (κ3) is 7.42. The highest BCUT2D eigenvalue weighted by molar-refractivity contribution is 6.33. The van der Waals surface area contributed by atoms with E-state index >= 15 is 0 Å². The van der Waals surface area contributed by atoms with E-state index in [4.69, 9.17) is 30.5 Å². The van der Waals surface area contributed by atoms with Crippen LogP contribution in [0, 0.1) is 0 Å². The topological polar surface area (TPSA) is 125 Å². The molecular formula is C33H26ClN3O7. The number of ether oxygens (including phenoxy) is 4. The molecule has 2 amide bonds. The number of nitrogens with one attached hydrogen (secondary N) is 2. The van der Waals surface area contributed by atoms with Crippen LogP contribution < -0.4 is 29.7 Å². The lowest BCUT2D eigenvalue weighted by Gasteiger charge is -2.12. The second kappa shape index (κ2) is 14.0. The van der Waals surface area contributed by atoms with Gasteiger partial charge in [-0.15, -0.1) is 0 Å². The molecule has 0 unspecified atom stereocenters. The number of hydrazone groups is 1. The van der Waals surface area contributed by atoms with Gasteiger partial charge in [-0.25, -0.2) is 10.2 Å². The summed E-state index contributed by atoms with van der Waals surface area (Å²) in [7, 11) is 0. The van der Waals surface area contributed by atoms with Gasteiger partial charge in [-0.3, -0.25) is 9.59 Å². The van der Waals surface area contributed by atoms with E-state index in [9.17, 15) is 14.4 Å². The van der Waals surface area contributed by atoms with Gasteiger partial charge in [-0.2, -0.15) is 5.10 Å². The summed E-state index contributed by atoms with van der Waals surface area (Å²) in [5, 5.41) is 6.97. The molecular weight excluding hydrogens is 586 g/mol. The highest BCUT2D eigenvalue weighted by atomic mass is 35.5. The Morgan fingerprint density at radius 1 is 0.886 bits per heavy atom. The summed E-state index contributed by atoms with van der Waals surface area (Å²) < 4.78 is 22.0. The molecule has 0 spiro atoms. The van der Waals surface area contributed by atoms with E-state index in [1.54, 1.807) is 97.9 Å². The van der Waals surface area contributed by atoms with E-state index in [-0.39, 0.29) is 28.8 Å². The van der Waals surface area contributed by atoms with Gasteiger partial charge in [-0.1, -0.05) is 48.0 Å². The first-order valence-electron chi connectivity index (χ1n) is 13.5. The number of hydrogen-bond donors (Lipinski definition) is 2. The monoisotopic (exact) mass is 611 g/mol. The number of esters is 1. The molecule has 0 bridgehead atoms. The molecule has 222 valence electrons. The van der Waals surface area contributed by atoms with Crippen molar-refractivity contribution in [2.45, 2.75) is 6.92 Å². The van der Waals surface area contributed by atoms with Crippen molar-refractivity contribution >= 4 is 41.7 Å². The van der Waals surface area contributed by atoms with Crippen LogP contribution in [0.3, 0.4) is 0 Å². The normalized spacial score (nSPS) is 12.1. The lowest BCUT2D eigenvalue weighted by atomic mass is 10.1. The van der Waals surface area contributed by atoms with Crippen LogP contribution >= 0.6 is 11.6 Å². The molecule has 0 aliphatic carbocycles. The summed E-state index contributed by atoms with van der Waals surface area (Å²) in [6.45, 7) is 2.20. The Morgan fingerprint density at radius 2 is 1.64 bits per heavy atom. The van der Waals surface area contributed by atoms with Crippen molar-refractivity contribution < 1.29 is 33.3 Å². The van der Waals surface area contributed by atoms with Crippen LogP contribution in [0.25, 0.3) is 6.08 Å². The Morgan fingerprint density at radius 3 is 2.43 bits per heavy atom. The average molecular weight is 612 g/mol. The van der Waals surface area contributed by atoms with Gasteiger partial charge in [0.1, 0.15) is 5.70 Å². The SMILES string of the molecule is CCOc1cc(/C=N\NC(=O)/C(=C/c2ccc3c(c2)OCO3)NC(=O)c2ccccc2)ccc1OC(=O)c1ccccc1Cl. The van der Waals surface area contributed by atoms with Gasteiger partial charge in [0.2, 0.25) is 6.79 Å². The van der Waals surface area contributed by atoms with E-state index in [1.165, 1.54) is 12.3 Å². The smallest absolute Gasteiger partial charge is 0.345 e. The summed E-state index contributed by atoms with van der Waals surface area (Å²) in [6, 6.07) is 25.0. The van der Waals surface area contributed by atoms with E-state index in [0.29, 0.717) is 40.5 Å². The van der Waals surface area contributed by atoms with Crippen LogP contribution in [0.5, 0.6) is 23.0 Å². The molecule has 1 aliphatic rings. The van der Waals surface area contributed by atoms with Crippen molar-refractivity contribution in [3.8, 4) is 23.0 Å². The Bertz CT molecular complexity index is 1760. The third-order valence-corrected chi connectivity index (χ3v) is 6.51. The number of fused-ring (bicyclic) bond motifs is 1. The number of nitrogens with zero attached hydrogens (tertiary/aromatic N) is 1. The average Bonchev–Trinajstić information content (AvgIpc) is 3.50. The molecule has 11 heteroatoms. The molecule has 5 rings (SSSR count). The fourth-order valence-corrected chi connectivity index (χ4v) is 4.29. The predicted octanol–water partition coefficient (Wildman–Crippen LogP) is 5.61. The number of hydrogen-bond acceptors (Lipinski definition) is 8. The molecule has 0 atom stereocenters. The largest absolute Gasteiger partial charge is 0.490 e. The highest BCUT2D eigenvalue weighted by Crippen LogP contribution is 2.33. The minimum atomic E-state index is -0.668. The minimum Gasteiger partial charge on any atom is -0.490 e. The fraction of sp³-hybridized carbons (Fsp3) is 0.0909. The zero-order valence-corrected chi connectivity index (χ0v) is 24.2. The molecule has 4 aromatic rings. The van der Waals surface area contributed by atoms with E-state index in [2.05, 4.69) is 15.8 Å². The summed E-state index contributed by atoms with van der Waals surface area (Å²) in [5.74, 6) is -0.181. The summed E-state index contributed by atoms with van der Waals surface area (Å²) >= 11 is 6.12. The maximum Gasteiger partial charge on any atom is 0.345 e. The van der Waals surface area contributed by atoms with Gasteiger partial charge < -0.3 is 24.3 Å². The van der Waals surface area contributed by atoms with Crippen molar-refractivity contribution in [1.82, 2.24) is 10.7 Å². The Hall–Kier alpha value is -5.61. The third-order valence-electron chi connectivity index (χ3n) is 6.18. The zero-order valence-electron chi connectivity index (χ0n) is 23.4. The lowest BCUT2D eigenvalue weighted by molar-refractivity contribution is -0.117. The fourth-order valence-electron chi connectivity index (χ4n) is 4.08. The summed E-state index contributed by atoms with van der Waals surface area (Å²) in [4.78, 5) is 38.7. The maximum absolute atomic E-state index is 13.2. The van der Waals surface area contributed by atoms with Crippen molar-refractivity contribution in [2.24, 2.45) is 5.10 Å². The first-order chi connectivity index (χ1) is 21.4. The second-order valence-electron chi connectivity index (χ2n) is 9.20. The Labute approximate surface area is 257 Å². The molecule has 0 saturated heterocycles. The highest BCUT2D eigenvalue weighted by Gasteiger charge is 2.18. The van der Waals surface area contributed by atoms with Crippen LogP contribution in [0.4, 0.5) is 0 Å². The first-order valence-corrected chi connectivity index (χ1v) is 13.8. The van der Waals surface area contributed by atoms with Gasteiger partial charge in [0.05, 0.1) is 23.4 Å². The predicted molar refractivity (Wildman–Crippen MR) is 164 cm³/mol. The van der Waals surface area contributed by atoms with Crippen molar-refractivity contribution in [3.63, 3.8) is 0 Å². The number of carbonyl (C=O) groups is 3. The summed E-state index contributed by atoms with van der Waals surface area (Å²) in [6.07, 6.45) is 2.89. The van der Waals surface area contributed by atoms with Crippen molar-refractivity contribution in [1.29, 1.82) is 0 Å². The van der Waals surface area contributed by atoms with Crippen LogP contribution in [0.15, 0.2) is 102 Å². The standard InChI is InChI=1S/C33H26ClN3O7/c1-2-41-30-18-22(13-15-28(30)44-33(40)24-10-6-7-11-25(24)34)19-35-37-32(39)26(36-31(38)23-8-4-3-5-9-23)16-21-12-14-27-29(17-21)43-20-42-27/h3-19H,2,20H2,1H3,(H,36,38)(H,37,39)/b26-16-,35-19-. The summed E-state index contributed by atoms with van der Waals surface area (Å²) in [5.41, 5.74) is 4.12. The quantitative estimate of drug-likeness (QED) is 0.0785. The van der Waals surface area contributed by atoms with Gasteiger partial charge in [-0.05, 0) is 78.7 Å². The van der Waals surface area contributed by atoms with Crippen molar-refractivity contribution in [2.75, 3.05) is 13.4 Å². The number of halogens is 1. The molecule has 1 aliphatic heterocycles. The molecule has 2 N–H and O–H groups in total. The molecule has 1 heterocycles. The number of rotatable bonds is 10. The van der Waals surface area contributed by atoms with Crippen LogP contribution in [-0.2, 0) is 4.79 Å². The molecule has 10 nitrogen and oxygen atoms in total. The Balaban J connectivity index is 1.32. The van der Waals surface area contributed by atoms with Crippen LogP contribution in [0.2, 0.25) is 5.02 Å². The van der Waals surface area contributed by atoms with Crippen LogP contribution in [0.1, 0.15) is 38.8 Å². The van der Waals surface area contributed by atoms with E-state index in [1.807, 2.05) is 0 Å². The molecule has 0 saturated carbocycles. The van der Waals surface area contributed by atoms with Gasteiger partial charge in [0.15, 0.2) is 23.0 Å². The van der Waals surface area contributed by atoms with Gasteiger partial charge in [0.25, 0.3) is 11.8 Å². The molecule has 4 aromatic carbocycles. The minimum absolute atomic E-state index is 0.0493. The van der Waals surface area contributed by atoms with Gasteiger partial charge in [0, 0.05) is 5.56 Å². The molecule has 0 radical (unpaired) electrons. The maximum atomic E-state index is 13.2. The van der Waals surface area contributed by atoms with E-state index < -0.39 is 17.8 Å². The zero-order chi connectivity index (χ0) is 30.9. The number of benzene rings is 4. The number of amides is 2. The molecule has 0 aromatic heterocycles. The van der Waals surface area contributed by atoms with Crippen molar-refractivity contribution in [3.05, 3.63) is 124 Å². The number of carbonyl (C=O) groups excluding carboxylic acids is 3. The van der Waals surface area contributed by atoms with E-state index in [0.717, 1.165) is 0 Å². The van der Waals surface area contributed by atoms with Gasteiger partial charge >= 0.3 is 5.97 Å². The lowest BCUT2D eigenvalue weighted by Crippen LogP contribution is -2.32. The first kappa shape index (κ1) is 29.9. The molecule has 44 heavy (non-hydrogen) atoms.